The van der Waals surface area contributed by atoms with Crippen molar-refractivity contribution in [2.24, 2.45) is 0 Å². The van der Waals surface area contributed by atoms with Crippen LogP contribution in [0.1, 0.15) is 17.7 Å². The number of aryl methyl sites for hydroxylation is 1. The van der Waals surface area contributed by atoms with Gasteiger partial charge in [0.25, 0.3) is 0 Å². The molecule has 0 aliphatic rings. The number of pyridine rings is 2. The summed E-state index contributed by atoms with van der Waals surface area (Å²) in [6.07, 6.45) is 14.4. The van der Waals surface area contributed by atoms with Crippen molar-refractivity contribution in [1.29, 1.82) is 0 Å². The lowest BCUT2D eigenvalue weighted by Gasteiger charge is -2.23. The Kier molecular flexibility index (Phi) is 5.89. The Morgan fingerprint density at radius 1 is 0.821 bits per heavy atom. The maximum atomic E-state index is 4.49. The van der Waals surface area contributed by atoms with Gasteiger partial charge in [-0.3, -0.25) is 9.88 Å². The number of imidazole rings is 1. The van der Waals surface area contributed by atoms with E-state index in [1.807, 2.05) is 55.5 Å². The molecule has 6 nitrogen and oxygen atoms in total. The van der Waals surface area contributed by atoms with E-state index in [1.54, 1.807) is 0 Å². The molecule has 0 saturated carbocycles. The Bertz CT molecular complexity index is 947. The average molecular weight is 372 g/mol. The predicted molar refractivity (Wildman–Crippen MR) is 109 cm³/mol. The van der Waals surface area contributed by atoms with E-state index in [2.05, 4.69) is 59.4 Å². The molecule has 0 radical (unpaired) electrons. The third kappa shape index (κ3) is 4.72. The van der Waals surface area contributed by atoms with Gasteiger partial charge in [-0.25, -0.2) is 9.97 Å². The highest BCUT2D eigenvalue weighted by Gasteiger charge is 2.11. The molecular formula is C22H24N6. The van der Waals surface area contributed by atoms with Crippen LogP contribution in [0.3, 0.4) is 0 Å². The van der Waals surface area contributed by atoms with Gasteiger partial charge in [0.15, 0.2) is 0 Å². The molecule has 4 aromatic heterocycles. The van der Waals surface area contributed by atoms with E-state index >= 15 is 0 Å². The second kappa shape index (κ2) is 9.10. The van der Waals surface area contributed by atoms with Crippen molar-refractivity contribution in [2.75, 3.05) is 6.54 Å². The summed E-state index contributed by atoms with van der Waals surface area (Å²) < 4.78 is 4.29. The van der Waals surface area contributed by atoms with Crippen LogP contribution in [-0.4, -0.2) is 35.5 Å². The van der Waals surface area contributed by atoms with E-state index < -0.39 is 0 Å². The molecule has 0 saturated heterocycles. The molecule has 0 unspecified atom stereocenters. The highest BCUT2D eigenvalue weighted by atomic mass is 15.2. The fourth-order valence-electron chi connectivity index (χ4n) is 3.35. The minimum absolute atomic E-state index is 0.857. The lowest BCUT2D eigenvalue weighted by atomic mass is 10.2. The smallest absolute Gasteiger partial charge is 0.136 e. The van der Waals surface area contributed by atoms with Crippen molar-refractivity contribution < 1.29 is 0 Å². The molecule has 0 amide bonds. The predicted octanol–water partition coefficient (Wildman–Crippen LogP) is 3.56. The van der Waals surface area contributed by atoms with E-state index in [4.69, 9.17) is 0 Å². The molecule has 6 heteroatoms. The standard InChI is InChI=1S/C22H24N6/c1-2-9-25-22(6-1)28-15-3-5-21(28)18-27(17-20-7-10-23-11-8-20)14-4-13-26-16-12-24-19-26/h1-3,5-12,15-16,19H,4,13-14,17-18H2. The van der Waals surface area contributed by atoms with E-state index in [0.29, 0.717) is 0 Å². The van der Waals surface area contributed by atoms with Gasteiger partial charge in [-0.2, -0.15) is 0 Å². The van der Waals surface area contributed by atoms with Gasteiger partial charge in [0, 0.05) is 69.1 Å². The van der Waals surface area contributed by atoms with Gasteiger partial charge in [0.2, 0.25) is 0 Å². The minimum Gasteiger partial charge on any atom is -0.337 e. The molecular weight excluding hydrogens is 348 g/mol. The van der Waals surface area contributed by atoms with Gasteiger partial charge in [0.1, 0.15) is 5.82 Å². The molecule has 0 fully saturated rings. The summed E-state index contributed by atoms with van der Waals surface area (Å²) in [4.78, 5) is 15.2. The molecule has 4 aromatic rings. The van der Waals surface area contributed by atoms with Gasteiger partial charge in [0.05, 0.1) is 6.33 Å². The van der Waals surface area contributed by atoms with Crippen LogP contribution in [0, 0.1) is 0 Å². The van der Waals surface area contributed by atoms with Crippen molar-refractivity contribution >= 4 is 0 Å². The third-order valence-corrected chi connectivity index (χ3v) is 4.72. The van der Waals surface area contributed by atoms with Crippen molar-refractivity contribution in [3.05, 3.63) is 97.2 Å². The van der Waals surface area contributed by atoms with Crippen molar-refractivity contribution in [1.82, 2.24) is 29.0 Å². The highest BCUT2D eigenvalue weighted by Crippen LogP contribution is 2.15. The number of aromatic nitrogens is 5. The summed E-state index contributed by atoms with van der Waals surface area (Å²) in [5.41, 5.74) is 2.50. The molecule has 4 rings (SSSR count). The Morgan fingerprint density at radius 3 is 2.54 bits per heavy atom. The van der Waals surface area contributed by atoms with E-state index in [-0.39, 0.29) is 0 Å². The summed E-state index contributed by atoms with van der Waals surface area (Å²) >= 11 is 0. The maximum absolute atomic E-state index is 4.49. The number of hydrogen-bond acceptors (Lipinski definition) is 4. The van der Waals surface area contributed by atoms with Crippen LogP contribution in [0.25, 0.3) is 5.82 Å². The summed E-state index contributed by atoms with van der Waals surface area (Å²) in [6.45, 7) is 3.71. The Morgan fingerprint density at radius 2 is 1.75 bits per heavy atom. The third-order valence-electron chi connectivity index (χ3n) is 4.72. The molecule has 4 heterocycles. The van der Waals surface area contributed by atoms with Gasteiger partial charge in [-0.05, 0) is 48.4 Å². The van der Waals surface area contributed by atoms with Crippen LogP contribution in [0.15, 0.2) is 86.0 Å². The summed E-state index contributed by atoms with van der Waals surface area (Å²) in [7, 11) is 0. The molecule has 0 spiro atoms. The fourth-order valence-corrected chi connectivity index (χ4v) is 3.35. The minimum atomic E-state index is 0.857. The first-order valence-corrected chi connectivity index (χ1v) is 9.53. The summed E-state index contributed by atoms with van der Waals surface area (Å²) in [6, 6.07) is 14.4. The quantitative estimate of drug-likeness (QED) is 0.451. The molecule has 28 heavy (non-hydrogen) atoms. The van der Waals surface area contributed by atoms with Crippen LogP contribution < -0.4 is 0 Å². The van der Waals surface area contributed by atoms with Gasteiger partial charge < -0.3 is 9.13 Å². The molecule has 0 aromatic carbocycles. The number of rotatable bonds is 9. The maximum Gasteiger partial charge on any atom is 0.136 e. The first-order valence-electron chi connectivity index (χ1n) is 9.53. The molecule has 0 aliphatic heterocycles. The molecule has 0 atom stereocenters. The Balaban J connectivity index is 1.48. The van der Waals surface area contributed by atoms with Crippen LogP contribution in [-0.2, 0) is 19.6 Å². The van der Waals surface area contributed by atoms with Gasteiger partial charge in [-0.1, -0.05) is 6.07 Å². The van der Waals surface area contributed by atoms with Crippen molar-refractivity contribution in [3.8, 4) is 5.82 Å². The normalized spacial score (nSPS) is 11.2. The van der Waals surface area contributed by atoms with Crippen molar-refractivity contribution in [2.45, 2.75) is 26.1 Å². The van der Waals surface area contributed by atoms with Crippen LogP contribution in [0.4, 0.5) is 0 Å². The summed E-state index contributed by atoms with van der Waals surface area (Å²) in [5.74, 6) is 0.949. The largest absolute Gasteiger partial charge is 0.337 e. The van der Waals surface area contributed by atoms with Gasteiger partial charge in [-0.15, -0.1) is 0 Å². The number of nitrogens with zero attached hydrogens (tertiary/aromatic N) is 6. The Labute approximate surface area is 165 Å². The molecule has 0 N–H and O–H groups in total. The van der Waals surface area contributed by atoms with Crippen molar-refractivity contribution in [3.63, 3.8) is 0 Å². The topological polar surface area (TPSA) is 51.8 Å². The first-order chi connectivity index (χ1) is 13.9. The van der Waals surface area contributed by atoms with Crippen LogP contribution in [0.5, 0.6) is 0 Å². The Hall–Kier alpha value is -3.25. The highest BCUT2D eigenvalue weighted by molar-refractivity contribution is 5.27. The lowest BCUT2D eigenvalue weighted by molar-refractivity contribution is 0.244. The average Bonchev–Trinajstić information content (AvgIpc) is 3.41. The second-order valence-electron chi connectivity index (χ2n) is 6.78. The monoisotopic (exact) mass is 372 g/mol. The zero-order valence-corrected chi connectivity index (χ0v) is 15.8. The van der Waals surface area contributed by atoms with E-state index in [0.717, 1.165) is 38.4 Å². The van der Waals surface area contributed by atoms with Crippen LogP contribution in [0.2, 0.25) is 0 Å². The second-order valence-corrected chi connectivity index (χ2v) is 6.78. The van der Waals surface area contributed by atoms with Gasteiger partial charge >= 0.3 is 0 Å². The SMILES string of the molecule is c1ccc(-n2cccc2CN(CCCn2ccnc2)Cc2ccncc2)nc1. The van der Waals surface area contributed by atoms with Crippen LogP contribution >= 0.6 is 0 Å². The molecule has 142 valence electrons. The zero-order chi connectivity index (χ0) is 19.0. The molecule has 0 bridgehead atoms. The molecule has 0 aliphatic carbocycles. The summed E-state index contributed by atoms with van der Waals surface area (Å²) in [5, 5.41) is 0. The van der Waals surface area contributed by atoms with E-state index in [1.165, 1.54) is 11.3 Å². The van der Waals surface area contributed by atoms with E-state index in [9.17, 15) is 0 Å². The zero-order valence-electron chi connectivity index (χ0n) is 15.8. The fraction of sp³-hybridized carbons (Fsp3) is 0.227. The number of hydrogen-bond donors (Lipinski definition) is 0. The lowest BCUT2D eigenvalue weighted by Crippen LogP contribution is -2.26. The first kappa shape index (κ1) is 18.1.